The molecule has 0 unspecified atom stereocenters. The van der Waals surface area contributed by atoms with Crippen LogP contribution in [-0.2, 0) is 99.9 Å². The van der Waals surface area contributed by atoms with Gasteiger partial charge in [0.1, 0.15) is 0 Å². The van der Waals surface area contributed by atoms with Crippen molar-refractivity contribution >= 4 is 7.82 Å². The third-order valence-corrected chi connectivity index (χ3v) is 27.0. The quantitative estimate of drug-likeness (QED) is 0.0256. The van der Waals surface area contributed by atoms with Crippen molar-refractivity contribution in [2.45, 2.75) is 469 Å². The molecule has 0 amide bonds. The normalized spacial score (nSPS) is 14.6. The summed E-state index contributed by atoms with van der Waals surface area (Å²) in [6.07, 6.45) is 21.0. The van der Waals surface area contributed by atoms with E-state index >= 15 is 4.57 Å². The van der Waals surface area contributed by atoms with Gasteiger partial charge in [-0.3, -0.25) is 13.6 Å². The van der Waals surface area contributed by atoms with E-state index in [0.717, 1.165) is 161 Å². The van der Waals surface area contributed by atoms with Crippen LogP contribution in [0.3, 0.4) is 0 Å². The summed E-state index contributed by atoms with van der Waals surface area (Å²) < 4.78 is 50.7. The second-order valence-corrected chi connectivity index (χ2v) is 49.6. The molecule has 0 spiro atoms. The van der Waals surface area contributed by atoms with Crippen LogP contribution in [-0.4, -0.2) is 0 Å². The van der Waals surface area contributed by atoms with Gasteiger partial charge in [-0.2, -0.15) is 0 Å². The van der Waals surface area contributed by atoms with Gasteiger partial charge in [0.2, 0.25) is 0 Å². The maximum Gasteiger partial charge on any atom is 0.479 e. The van der Waals surface area contributed by atoms with Gasteiger partial charge in [0, 0.05) is 0 Å². The van der Waals surface area contributed by atoms with E-state index in [4.69, 9.17) is 0 Å². The molecule has 6 aromatic carbocycles. The zero-order chi connectivity index (χ0) is 90.7. The highest BCUT2D eigenvalue weighted by Gasteiger charge is 2.61. The standard InChI is InChI=1S/C114H177O4P/c1-43-49-52-55-58-79(46-4)112(88-67-61-82(100(7,8)9)73-94(88)106(25,26)27,89-68-62-83(101(10,11)12)74-95(89)107(28,29)30)116-119(115,117-113(80(47-5)59-56-53-50-44-2,90-69-63-84(102(13,14)15)75-96(90)108(31,32)33)91-70-64-85(103(16,17)18)76-97(91)109(34,35)36)118-114(81(48-6)60-57-54-51-45-3,92-71-65-86(104(19,20)21)77-98(92)110(37,38)39)93-72-66-87(105(22,23)24)78-99(93)111(40,41)42/h46-48,61-78H,43-45,49-60H2,1-42H3/b79-46+,80-47+,81-48+. The highest BCUT2D eigenvalue weighted by molar-refractivity contribution is 7.48. The lowest BCUT2D eigenvalue weighted by atomic mass is 9.66. The first-order chi connectivity index (χ1) is 54.2. The molecular formula is C114H177O4P. The van der Waals surface area contributed by atoms with E-state index in [-0.39, 0.29) is 32.5 Å². The van der Waals surface area contributed by atoms with Crippen molar-refractivity contribution in [2.24, 2.45) is 0 Å². The fraction of sp³-hybridized carbons (Fsp3) is 0.632. The average molecular weight is 1640 g/mol. The van der Waals surface area contributed by atoms with E-state index in [9.17, 15) is 13.6 Å². The van der Waals surface area contributed by atoms with E-state index in [2.05, 4.69) is 418 Å². The first kappa shape index (κ1) is 102. The number of rotatable bonds is 30. The molecular weight excluding hydrogens is 1460 g/mol. The van der Waals surface area contributed by atoms with Crippen molar-refractivity contribution < 1.29 is 18.1 Å². The molecule has 6 aromatic rings. The van der Waals surface area contributed by atoms with E-state index in [0.29, 0.717) is 19.3 Å². The summed E-state index contributed by atoms with van der Waals surface area (Å²) in [5.74, 6) is 0. The smallest absolute Gasteiger partial charge is 0.266 e. The summed E-state index contributed by atoms with van der Waals surface area (Å²) in [4.78, 5) is 0. The zero-order valence-corrected chi connectivity index (χ0v) is 85.7. The van der Waals surface area contributed by atoms with Gasteiger partial charge in [-0.05, 0) is 241 Å². The first-order valence-electron chi connectivity index (χ1n) is 46.8. The van der Waals surface area contributed by atoms with Crippen LogP contribution in [0.2, 0.25) is 0 Å². The van der Waals surface area contributed by atoms with E-state index in [1.807, 2.05) is 0 Å². The molecule has 0 bridgehead atoms. The molecule has 0 N–H and O–H groups in total. The lowest BCUT2D eigenvalue weighted by molar-refractivity contribution is -0.0201. The average Bonchev–Trinajstić information content (AvgIpc) is 0.695. The molecule has 0 heterocycles. The number of phosphoric acid groups is 1. The molecule has 0 radical (unpaired) electrons. The third kappa shape index (κ3) is 23.8. The maximum atomic E-state index is 21.9. The van der Waals surface area contributed by atoms with Crippen LogP contribution in [0.15, 0.2) is 144 Å². The van der Waals surface area contributed by atoms with Crippen LogP contribution in [0.4, 0.5) is 0 Å². The van der Waals surface area contributed by atoms with Gasteiger partial charge in [0.05, 0.1) is 0 Å². The fourth-order valence-electron chi connectivity index (χ4n) is 17.9. The number of allylic oxidation sites excluding steroid dienone is 3. The Labute approximate surface area is 734 Å². The highest BCUT2D eigenvalue weighted by atomic mass is 31.2. The van der Waals surface area contributed by atoms with Gasteiger partial charge in [-0.25, -0.2) is 4.57 Å². The molecule has 0 aliphatic rings. The fourth-order valence-corrected chi connectivity index (χ4v) is 20.0. The second-order valence-electron chi connectivity index (χ2n) is 48.2. The van der Waals surface area contributed by atoms with Crippen LogP contribution in [0.1, 0.15) is 487 Å². The van der Waals surface area contributed by atoms with Crippen LogP contribution in [0.5, 0.6) is 0 Å². The molecule has 662 valence electrons. The Morgan fingerprint density at radius 1 is 0.227 bits per heavy atom. The summed E-state index contributed by atoms with van der Waals surface area (Å²) in [5, 5.41) is 0. The van der Waals surface area contributed by atoms with Crippen molar-refractivity contribution in [3.8, 4) is 0 Å². The maximum absolute atomic E-state index is 21.9. The minimum Gasteiger partial charge on any atom is -0.266 e. The van der Waals surface area contributed by atoms with Gasteiger partial charge in [0.15, 0.2) is 16.8 Å². The molecule has 119 heavy (non-hydrogen) atoms. The van der Waals surface area contributed by atoms with Crippen molar-refractivity contribution in [2.75, 3.05) is 0 Å². The van der Waals surface area contributed by atoms with Gasteiger partial charge in [-0.1, -0.05) is 455 Å². The first-order valence-corrected chi connectivity index (χ1v) is 48.3. The van der Waals surface area contributed by atoms with Gasteiger partial charge >= 0.3 is 7.82 Å². The summed E-state index contributed by atoms with van der Waals surface area (Å²) in [6, 6.07) is 43.5. The third-order valence-electron chi connectivity index (χ3n) is 25.5. The topological polar surface area (TPSA) is 44.8 Å². The molecule has 0 saturated carbocycles. The van der Waals surface area contributed by atoms with Gasteiger partial charge < -0.3 is 0 Å². The van der Waals surface area contributed by atoms with Crippen LogP contribution < -0.4 is 0 Å². The van der Waals surface area contributed by atoms with Crippen LogP contribution >= 0.6 is 7.82 Å². The molecule has 6 rings (SSSR count). The van der Waals surface area contributed by atoms with E-state index < -0.39 is 57.1 Å². The van der Waals surface area contributed by atoms with Crippen LogP contribution in [0, 0.1) is 0 Å². The second kappa shape index (κ2) is 37.8. The monoisotopic (exact) mass is 1640 g/mol. The predicted octanol–water partition coefficient (Wildman–Crippen LogP) is 35.3. The summed E-state index contributed by atoms with van der Waals surface area (Å²) in [5.41, 5.74) is 12.7. The zero-order valence-electron chi connectivity index (χ0n) is 84.8. The van der Waals surface area contributed by atoms with Gasteiger partial charge in [-0.15, -0.1) is 0 Å². The Bertz CT molecular complexity index is 3850. The summed E-state index contributed by atoms with van der Waals surface area (Å²) >= 11 is 0. The Morgan fingerprint density at radius 2 is 0.378 bits per heavy atom. The largest absolute Gasteiger partial charge is 0.479 e. The Kier molecular flexibility index (Phi) is 32.6. The molecule has 0 fully saturated rings. The van der Waals surface area contributed by atoms with Crippen molar-refractivity contribution in [3.63, 3.8) is 0 Å². The molecule has 5 heteroatoms. The summed E-state index contributed by atoms with van der Waals surface area (Å²) in [7, 11) is -5.73. The number of hydrogen-bond donors (Lipinski definition) is 0. The number of hydrogen-bond acceptors (Lipinski definition) is 4. The van der Waals surface area contributed by atoms with Crippen molar-refractivity contribution in [1.82, 2.24) is 0 Å². The number of unbranched alkanes of at least 4 members (excludes halogenated alkanes) is 9. The molecule has 0 aliphatic carbocycles. The number of phosphoric ester groups is 1. The lowest BCUT2D eigenvalue weighted by Crippen LogP contribution is -2.44. The van der Waals surface area contributed by atoms with Crippen LogP contribution in [0.25, 0.3) is 0 Å². The molecule has 0 atom stereocenters. The predicted molar refractivity (Wildman–Crippen MR) is 524 cm³/mol. The Morgan fingerprint density at radius 3 is 0.496 bits per heavy atom. The van der Waals surface area contributed by atoms with Gasteiger partial charge in [0.25, 0.3) is 0 Å². The minimum absolute atomic E-state index is 0.251. The van der Waals surface area contributed by atoms with Crippen molar-refractivity contribution in [3.05, 3.63) is 244 Å². The van der Waals surface area contributed by atoms with Crippen molar-refractivity contribution in [1.29, 1.82) is 0 Å². The SMILES string of the molecule is C/C=C(\CCCCCC)C(OP(=O)(OC(/C(=C/C)CCCCCC)(c1ccc(C(C)(C)C)cc1C(C)(C)C)c1ccc(C(C)(C)C)cc1C(C)(C)C)OC(/C(=C/C)CCCCCC)(c1ccc(C(C)(C)C)cc1C(C)(C)C)c1ccc(C(C)(C)C)cc1C(C)(C)C)(c1ccc(C(C)(C)C)cc1C(C)(C)C)c1ccc(C(C)(C)C)cc1C(C)(C)C. The number of benzene rings is 6. The summed E-state index contributed by atoms with van der Waals surface area (Å²) in [6.45, 7) is 98.4. The van der Waals surface area contributed by atoms with E-state index in [1.165, 1.54) is 33.4 Å². The molecule has 4 nitrogen and oxygen atoms in total. The Balaban J connectivity index is 2.39. The highest BCUT2D eigenvalue weighted by Crippen LogP contribution is 2.72. The molecule has 0 aliphatic heterocycles. The lowest BCUT2D eigenvalue weighted by Gasteiger charge is -2.50. The minimum atomic E-state index is -5.73. The van der Waals surface area contributed by atoms with E-state index in [1.54, 1.807) is 0 Å². The molecule has 0 saturated heterocycles. The Hall–Kier alpha value is -5.35. The molecule has 0 aromatic heterocycles.